The van der Waals surface area contributed by atoms with Gasteiger partial charge in [-0.15, -0.1) is 0 Å². The Bertz CT molecular complexity index is 405. The van der Waals surface area contributed by atoms with Gasteiger partial charge in [-0.3, -0.25) is 4.90 Å². The van der Waals surface area contributed by atoms with Crippen LogP contribution in [-0.2, 0) is 17.9 Å². The summed E-state index contributed by atoms with van der Waals surface area (Å²) in [6.07, 6.45) is 3.14. The van der Waals surface area contributed by atoms with Gasteiger partial charge in [0.1, 0.15) is 6.61 Å². The Balaban J connectivity index is 1.73. The van der Waals surface area contributed by atoms with Crippen LogP contribution >= 0.6 is 0 Å². The Morgan fingerprint density at radius 1 is 1.43 bits per heavy atom. The number of methoxy groups -OCH3 is 1. The van der Waals surface area contributed by atoms with Gasteiger partial charge in [0, 0.05) is 39.4 Å². The van der Waals surface area contributed by atoms with Crippen molar-refractivity contribution in [3.63, 3.8) is 0 Å². The summed E-state index contributed by atoms with van der Waals surface area (Å²) in [6.45, 7) is 4.42. The monoisotopic (exact) mass is 298 g/mol. The number of aliphatic hydroxyl groups excluding tert-OH is 1. The largest absolute Gasteiger partial charge is 0.396 e. The van der Waals surface area contributed by atoms with Crippen molar-refractivity contribution in [3.05, 3.63) is 11.7 Å². The van der Waals surface area contributed by atoms with Crippen molar-refractivity contribution in [2.75, 3.05) is 40.4 Å². The van der Waals surface area contributed by atoms with E-state index in [1.165, 1.54) is 0 Å². The topological polar surface area (TPSA) is 74.9 Å². The van der Waals surface area contributed by atoms with Gasteiger partial charge in [0.15, 0.2) is 5.82 Å². The molecule has 1 aromatic heterocycles. The second-order valence-electron chi connectivity index (χ2n) is 5.60. The molecular weight excluding hydrogens is 272 g/mol. The van der Waals surface area contributed by atoms with E-state index >= 15 is 0 Å². The minimum atomic E-state index is 0.269. The highest BCUT2D eigenvalue weighted by Crippen LogP contribution is 2.17. The van der Waals surface area contributed by atoms with Crippen molar-refractivity contribution in [1.82, 2.24) is 19.9 Å². The van der Waals surface area contributed by atoms with Crippen molar-refractivity contribution in [2.24, 2.45) is 0 Å². The van der Waals surface area contributed by atoms with Gasteiger partial charge in [0.2, 0.25) is 0 Å². The van der Waals surface area contributed by atoms with Crippen molar-refractivity contribution in [1.29, 1.82) is 0 Å². The molecule has 0 saturated carbocycles. The van der Waals surface area contributed by atoms with Crippen LogP contribution in [0.3, 0.4) is 0 Å². The third-order valence-electron chi connectivity index (χ3n) is 3.99. The molecule has 21 heavy (non-hydrogen) atoms. The molecule has 0 radical (unpaired) electrons. The summed E-state index contributed by atoms with van der Waals surface area (Å²) in [4.78, 5) is 9.02. The van der Waals surface area contributed by atoms with E-state index in [9.17, 15) is 0 Å². The third kappa shape index (κ3) is 5.03. The normalized spacial score (nSPS) is 17.7. The fourth-order valence-electron chi connectivity index (χ4n) is 2.76. The van der Waals surface area contributed by atoms with Gasteiger partial charge in [-0.05, 0) is 26.3 Å². The summed E-state index contributed by atoms with van der Waals surface area (Å²) in [6, 6.07) is 0.613. The predicted octanol–water partition coefficient (Wildman–Crippen LogP) is 0.495. The SMILES string of the molecule is COCc1nc(CN2CCC(N(C)CCCO)CC2)no1. The van der Waals surface area contributed by atoms with Gasteiger partial charge in [-0.1, -0.05) is 5.16 Å². The Hall–Kier alpha value is -1.02. The Kier molecular flexibility index (Phi) is 6.56. The summed E-state index contributed by atoms with van der Waals surface area (Å²) in [5.74, 6) is 1.26. The summed E-state index contributed by atoms with van der Waals surface area (Å²) >= 11 is 0. The zero-order valence-electron chi connectivity index (χ0n) is 13.0. The molecule has 0 amide bonds. The van der Waals surface area contributed by atoms with E-state index in [4.69, 9.17) is 14.4 Å². The molecule has 0 aliphatic carbocycles. The first-order valence-corrected chi connectivity index (χ1v) is 7.56. The van der Waals surface area contributed by atoms with Crippen LogP contribution in [0.15, 0.2) is 4.52 Å². The van der Waals surface area contributed by atoms with E-state index in [2.05, 4.69) is 27.0 Å². The molecule has 7 nitrogen and oxygen atoms in total. The number of hydrogen-bond acceptors (Lipinski definition) is 7. The maximum atomic E-state index is 8.89. The van der Waals surface area contributed by atoms with Crippen LogP contribution in [0.4, 0.5) is 0 Å². The second kappa shape index (κ2) is 8.43. The quantitative estimate of drug-likeness (QED) is 0.749. The lowest BCUT2D eigenvalue weighted by Gasteiger charge is -2.36. The molecule has 0 spiro atoms. The molecule has 2 heterocycles. The maximum Gasteiger partial charge on any atom is 0.252 e. The first kappa shape index (κ1) is 16.4. The molecule has 2 rings (SSSR count). The van der Waals surface area contributed by atoms with Crippen LogP contribution in [0.2, 0.25) is 0 Å². The highest BCUT2D eigenvalue weighted by atomic mass is 16.5. The average molecular weight is 298 g/mol. The zero-order chi connectivity index (χ0) is 15.1. The molecule has 1 aliphatic rings. The number of aromatic nitrogens is 2. The number of ether oxygens (including phenoxy) is 1. The molecule has 1 aromatic rings. The molecular formula is C14H26N4O3. The van der Waals surface area contributed by atoms with E-state index in [0.29, 0.717) is 18.5 Å². The zero-order valence-corrected chi connectivity index (χ0v) is 13.0. The van der Waals surface area contributed by atoms with Crippen LogP contribution in [0.25, 0.3) is 0 Å². The van der Waals surface area contributed by atoms with Crippen LogP contribution in [0, 0.1) is 0 Å². The third-order valence-corrected chi connectivity index (χ3v) is 3.99. The summed E-state index contributed by atoms with van der Waals surface area (Å²) in [7, 11) is 3.76. The highest BCUT2D eigenvalue weighted by Gasteiger charge is 2.23. The van der Waals surface area contributed by atoms with Crippen LogP contribution in [0.1, 0.15) is 31.0 Å². The van der Waals surface area contributed by atoms with Gasteiger partial charge in [0.25, 0.3) is 5.89 Å². The van der Waals surface area contributed by atoms with Gasteiger partial charge >= 0.3 is 0 Å². The minimum Gasteiger partial charge on any atom is -0.396 e. The average Bonchev–Trinajstić information content (AvgIpc) is 2.93. The Labute approximate surface area is 125 Å². The molecule has 0 atom stereocenters. The van der Waals surface area contributed by atoms with Gasteiger partial charge in [0.05, 0.1) is 6.54 Å². The highest BCUT2D eigenvalue weighted by molar-refractivity contribution is 4.87. The number of hydrogen-bond donors (Lipinski definition) is 1. The van der Waals surface area contributed by atoms with Gasteiger partial charge < -0.3 is 19.3 Å². The summed E-state index contributed by atoms with van der Waals surface area (Å²) < 4.78 is 10.1. The van der Waals surface area contributed by atoms with Crippen LogP contribution < -0.4 is 0 Å². The van der Waals surface area contributed by atoms with E-state index in [1.807, 2.05) is 0 Å². The predicted molar refractivity (Wildman–Crippen MR) is 77.6 cm³/mol. The number of nitrogens with zero attached hydrogens (tertiary/aromatic N) is 4. The molecule has 0 unspecified atom stereocenters. The lowest BCUT2D eigenvalue weighted by Crippen LogP contribution is -2.43. The standard InChI is InChI=1S/C14H26N4O3/c1-17(6-3-9-19)12-4-7-18(8-5-12)10-13-15-14(11-20-2)21-16-13/h12,19H,3-11H2,1-2H3. The fraction of sp³-hybridized carbons (Fsp3) is 0.857. The number of likely N-dealkylation sites (tertiary alicyclic amines) is 1. The van der Waals surface area contributed by atoms with E-state index in [1.54, 1.807) is 7.11 Å². The van der Waals surface area contributed by atoms with Crippen LogP contribution in [-0.4, -0.2) is 71.5 Å². The molecule has 0 bridgehead atoms. The molecule has 1 saturated heterocycles. The second-order valence-corrected chi connectivity index (χ2v) is 5.60. The number of aliphatic hydroxyl groups is 1. The minimum absolute atomic E-state index is 0.269. The maximum absolute atomic E-state index is 8.89. The van der Waals surface area contributed by atoms with Crippen molar-refractivity contribution >= 4 is 0 Å². The number of piperidine rings is 1. The van der Waals surface area contributed by atoms with E-state index < -0.39 is 0 Å². The van der Waals surface area contributed by atoms with Crippen molar-refractivity contribution in [2.45, 2.75) is 38.5 Å². The molecule has 1 fully saturated rings. The van der Waals surface area contributed by atoms with Gasteiger partial charge in [-0.25, -0.2) is 0 Å². The molecule has 120 valence electrons. The summed E-state index contributed by atoms with van der Waals surface area (Å²) in [5.41, 5.74) is 0. The summed E-state index contributed by atoms with van der Waals surface area (Å²) in [5, 5.41) is 12.9. The lowest BCUT2D eigenvalue weighted by molar-refractivity contribution is 0.115. The first-order chi connectivity index (χ1) is 10.2. The van der Waals surface area contributed by atoms with Crippen LogP contribution in [0.5, 0.6) is 0 Å². The smallest absolute Gasteiger partial charge is 0.252 e. The van der Waals surface area contributed by atoms with E-state index in [-0.39, 0.29) is 6.61 Å². The Morgan fingerprint density at radius 2 is 2.19 bits per heavy atom. The molecule has 7 heteroatoms. The van der Waals surface area contributed by atoms with Gasteiger partial charge in [-0.2, -0.15) is 4.98 Å². The van der Waals surface area contributed by atoms with Crippen molar-refractivity contribution < 1.29 is 14.4 Å². The first-order valence-electron chi connectivity index (χ1n) is 7.56. The molecule has 1 aliphatic heterocycles. The molecule has 1 N–H and O–H groups in total. The Morgan fingerprint density at radius 3 is 2.86 bits per heavy atom. The molecule has 0 aromatic carbocycles. The lowest BCUT2D eigenvalue weighted by atomic mass is 10.0. The number of rotatable bonds is 8. The van der Waals surface area contributed by atoms with Crippen molar-refractivity contribution in [3.8, 4) is 0 Å². The fourth-order valence-corrected chi connectivity index (χ4v) is 2.76. The van der Waals surface area contributed by atoms with E-state index in [0.717, 1.165) is 51.3 Å².